The molecule has 0 saturated carbocycles. The Morgan fingerprint density at radius 3 is 2.93 bits per heavy atom. The summed E-state index contributed by atoms with van der Waals surface area (Å²) in [6, 6.07) is 6.15. The van der Waals surface area contributed by atoms with Crippen molar-refractivity contribution >= 4 is 23.6 Å². The van der Waals surface area contributed by atoms with Crippen molar-refractivity contribution in [1.29, 1.82) is 0 Å². The molecule has 3 unspecified atom stereocenters. The fraction of sp³-hybridized carbons (Fsp3) is 0.600. The summed E-state index contributed by atoms with van der Waals surface area (Å²) in [4.78, 5) is 27.4. The van der Waals surface area contributed by atoms with E-state index < -0.39 is 6.04 Å². The van der Waals surface area contributed by atoms with E-state index in [9.17, 15) is 14.7 Å². The fourth-order valence-electron chi connectivity index (χ4n) is 4.40. The van der Waals surface area contributed by atoms with Crippen LogP contribution >= 0.6 is 11.8 Å². The number of thioether (sulfide) groups is 1. The van der Waals surface area contributed by atoms with E-state index in [0.717, 1.165) is 37.2 Å². The molecule has 1 spiro atoms. The van der Waals surface area contributed by atoms with Crippen LogP contribution in [0.5, 0.6) is 5.75 Å². The monoisotopic (exact) mass is 390 g/mol. The third-order valence-corrected chi connectivity index (χ3v) is 7.08. The highest BCUT2D eigenvalue weighted by Crippen LogP contribution is 2.38. The van der Waals surface area contributed by atoms with Gasteiger partial charge in [0.1, 0.15) is 11.8 Å². The molecule has 3 atom stereocenters. The van der Waals surface area contributed by atoms with Crippen molar-refractivity contribution in [2.45, 2.75) is 49.8 Å². The van der Waals surface area contributed by atoms with Gasteiger partial charge in [0.05, 0.1) is 11.2 Å². The quantitative estimate of drug-likeness (QED) is 0.827. The standard InChI is InChI=1S/C20H26N2O4S/c23-17-6-2-1-4-15(17)19(25)22-9-3-5-16(22)18(24)21-14-7-10-26-20(12-14)8-11-27-13-20/h1-2,4,6,14,16,23H,3,5,7-13H2,(H,21,24). The summed E-state index contributed by atoms with van der Waals surface area (Å²) < 4.78 is 6.03. The first kappa shape index (κ1) is 18.6. The van der Waals surface area contributed by atoms with Gasteiger partial charge in [0.2, 0.25) is 5.91 Å². The first-order valence-corrected chi connectivity index (χ1v) is 10.8. The van der Waals surface area contributed by atoms with Gasteiger partial charge < -0.3 is 20.1 Å². The summed E-state index contributed by atoms with van der Waals surface area (Å²) in [6.45, 7) is 1.22. The lowest BCUT2D eigenvalue weighted by molar-refractivity contribution is -0.128. The van der Waals surface area contributed by atoms with Crippen LogP contribution < -0.4 is 5.32 Å². The van der Waals surface area contributed by atoms with Crippen LogP contribution in [0.1, 0.15) is 42.5 Å². The number of nitrogens with one attached hydrogen (secondary N) is 1. The number of hydrogen-bond donors (Lipinski definition) is 2. The Hall–Kier alpha value is -1.73. The molecule has 2 N–H and O–H groups in total. The number of phenolic OH excluding ortho intramolecular Hbond substituents is 1. The van der Waals surface area contributed by atoms with Crippen LogP contribution in [-0.2, 0) is 9.53 Å². The van der Waals surface area contributed by atoms with Crippen molar-refractivity contribution in [2.24, 2.45) is 0 Å². The fourth-order valence-corrected chi connectivity index (χ4v) is 5.78. The maximum Gasteiger partial charge on any atom is 0.258 e. The second-order valence-corrected chi connectivity index (χ2v) is 8.81. The molecule has 6 nitrogen and oxygen atoms in total. The van der Waals surface area contributed by atoms with Crippen molar-refractivity contribution in [3.8, 4) is 5.75 Å². The number of hydrogen-bond acceptors (Lipinski definition) is 5. The molecule has 27 heavy (non-hydrogen) atoms. The van der Waals surface area contributed by atoms with E-state index >= 15 is 0 Å². The number of nitrogens with zero attached hydrogens (tertiary/aromatic N) is 1. The molecule has 0 aromatic heterocycles. The van der Waals surface area contributed by atoms with E-state index in [2.05, 4.69) is 5.32 Å². The predicted molar refractivity (Wildman–Crippen MR) is 104 cm³/mol. The maximum atomic E-state index is 12.9. The number of benzene rings is 1. The van der Waals surface area contributed by atoms with E-state index in [0.29, 0.717) is 19.6 Å². The Bertz CT molecular complexity index is 720. The largest absolute Gasteiger partial charge is 0.507 e. The van der Waals surface area contributed by atoms with Crippen LogP contribution in [0.15, 0.2) is 24.3 Å². The summed E-state index contributed by atoms with van der Waals surface area (Å²) in [6.07, 6.45) is 4.18. The second kappa shape index (κ2) is 7.72. The number of aromatic hydroxyl groups is 1. The lowest BCUT2D eigenvalue weighted by Gasteiger charge is -2.38. The van der Waals surface area contributed by atoms with Crippen LogP contribution in [0.3, 0.4) is 0 Å². The predicted octanol–water partition coefficient (Wildman–Crippen LogP) is 2.17. The summed E-state index contributed by atoms with van der Waals surface area (Å²) in [5.74, 6) is 1.72. The zero-order valence-corrected chi connectivity index (χ0v) is 16.2. The lowest BCUT2D eigenvalue weighted by Crippen LogP contribution is -2.53. The number of phenols is 1. The van der Waals surface area contributed by atoms with Gasteiger partial charge in [-0.05, 0) is 50.0 Å². The van der Waals surface area contributed by atoms with Crippen LogP contribution in [-0.4, -0.2) is 64.2 Å². The smallest absolute Gasteiger partial charge is 0.258 e. The topological polar surface area (TPSA) is 78.9 Å². The molecular formula is C20H26N2O4S. The molecule has 3 saturated heterocycles. The number of para-hydroxylation sites is 1. The van der Waals surface area contributed by atoms with Gasteiger partial charge in [-0.15, -0.1) is 0 Å². The van der Waals surface area contributed by atoms with Gasteiger partial charge in [-0.25, -0.2) is 0 Å². The molecule has 4 rings (SSSR count). The van der Waals surface area contributed by atoms with Crippen molar-refractivity contribution in [3.63, 3.8) is 0 Å². The van der Waals surface area contributed by atoms with Crippen LogP contribution in [0.4, 0.5) is 0 Å². The molecule has 0 aliphatic carbocycles. The molecule has 7 heteroatoms. The Kier molecular flexibility index (Phi) is 5.32. The molecule has 1 aromatic rings. The number of carbonyl (C=O) groups excluding carboxylic acids is 2. The average molecular weight is 391 g/mol. The normalized spacial score (nSPS) is 30.6. The Morgan fingerprint density at radius 2 is 2.15 bits per heavy atom. The third-order valence-electron chi connectivity index (χ3n) is 5.86. The minimum atomic E-state index is -0.464. The van der Waals surface area contributed by atoms with Gasteiger partial charge in [0.25, 0.3) is 5.91 Å². The zero-order valence-electron chi connectivity index (χ0n) is 15.4. The van der Waals surface area contributed by atoms with Gasteiger partial charge in [0, 0.05) is 24.9 Å². The van der Waals surface area contributed by atoms with Gasteiger partial charge in [-0.2, -0.15) is 11.8 Å². The molecule has 3 heterocycles. The van der Waals surface area contributed by atoms with Crippen molar-refractivity contribution < 1.29 is 19.4 Å². The molecule has 3 aliphatic rings. The highest BCUT2D eigenvalue weighted by Gasteiger charge is 2.42. The lowest BCUT2D eigenvalue weighted by atomic mass is 9.89. The minimum absolute atomic E-state index is 0.0429. The number of ether oxygens (including phenoxy) is 1. The van der Waals surface area contributed by atoms with Gasteiger partial charge in [-0.1, -0.05) is 12.1 Å². The molecule has 0 bridgehead atoms. The molecular weight excluding hydrogens is 364 g/mol. The van der Waals surface area contributed by atoms with Gasteiger partial charge in [-0.3, -0.25) is 9.59 Å². The van der Waals surface area contributed by atoms with Crippen molar-refractivity contribution in [3.05, 3.63) is 29.8 Å². The number of amides is 2. The van der Waals surface area contributed by atoms with E-state index in [-0.39, 0.29) is 34.8 Å². The average Bonchev–Trinajstić information content (AvgIpc) is 3.31. The number of carbonyl (C=O) groups is 2. The van der Waals surface area contributed by atoms with Crippen molar-refractivity contribution in [1.82, 2.24) is 10.2 Å². The molecule has 3 fully saturated rings. The number of rotatable bonds is 3. The summed E-state index contributed by atoms with van der Waals surface area (Å²) >= 11 is 1.91. The summed E-state index contributed by atoms with van der Waals surface area (Å²) in [5.41, 5.74) is 0.173. The van der Waals surface area contributed by atoms with Gasteiger partial charge >= 0.3 is 0 Å². The highest BCUT2D eigenvalue weighted by molar-refractivity contribution is 7.99. The highest BCUT2D eigenvalue weighted by atomic mass is 32.2. The summed E-state index contributed by atoms with van der Waals surface area (Å²) in [5, 5.41) is 13.2. The molecule has 0 radical (unpaired) electrons. The molecule has 2 amide bonds. The van der Waals surface area contributed by atoms with E-state index in [1.54, 1.807) is 23.1 Å². The molecule has 3 aliphatic heterocycles. The Labute approximate surface area is 163 Å². The number of likely N-dealkylation sites (tertiary alicyclic amines) is 1. The van der Waals surface area contributed by atoms with Crippen LogP contribution in [0.25, 0.3) is 0 Å². The second-order valence-electron chi connectivity index (χ2n) is 7.71. The SMILES string of the molecule is O=C(NC1CCOC2(CCSC2)C1)C1CCCN1C(=O)c1ccccc1O. The molecule has 1 aromatic carbocycles. The van der Waals surface area contributed by atoms with Crippen LogP contribution in [0, 0.1) is 0 Å². The van der Waals surface area contributed by atoms with E-state index in [1.165, 1.54) is 6.07 Å². The van der Waals surface area contributed by atoms with Crippen molar-refractivity contribution in [2.75, 3.05) is 24.7 Å². The van der Waals surface area contributed by atoms with Gasteiger partial charge in [0.15, 0.2) is 0 Å². The Morgan fingerprint density at radius 1 is 1.30 bits per heavy atom. The van der Waals surface area contributed by atoms with E-state index in [4.69, 9.17) is 4.74 Å². The Balaban J connectivity index is 1.42. The minimum Gasteiger partial charge on any atom is -0.507 e. The van der Waals surface area contributed by atoms with Crippen LogP contribution in [0.2, 0.25) is 0 Å². The first-order chi connectivity index (χ1) is 13.1. The molecule has 146 valence electrons. The van der Waals surface area contributed by atoms with E-state index in [1.807, 2.05) is 11.8 Å². The zero-order chi connectivity index (χ0) is 18.9. The first-order valence-electron chi connectivity index (χ1n) is 9.69. The maximum absolute atomic E-state index is 12.9. The summed E-state index contributed by atoms with van der Waals surface area (Å²) in [7, 11) is 0. The third kappa shape index (κ3) is 3.80.